The van der Waals surface area contributed by atoms with E-state index in [0.717, 1.165) is 12.1 Å². The van der Waals surface area contributed by atoms with Gasteiger partial charge in [0.05, 0.1) is 19.0 Å². The number of carbonyl (C=O) groups is 1. The van der Waals surface area contributed by atoms with Crippen molar-refractivity contribution in [3.8, 4) is 6.07 Å². The van der Waals surface area contributed by atoms with Crippen LogP contribution in [-0.4, -0.2) is 29.1 Å². The zero-order chi connectivity index (χ0) is 17.7. The molecule has 1 aliphatic heterocycles. The predicted molar refractivity (Wildman–Crippen MR) is 86.0 cm³/mol. The fourth-order valence-corrected chi connectivity index (χ4v) is 2.58. The van der Waals surface area contributed by atoms with Crippen LogP contribution in [0.1, 0.15) is 18.4 Å². The van der Waals surface area contributed by atoms with Gasteiger partial charge in [-0.1, -0.05) is 17.7 Å². The molecule has 8 heteroatoms. The summed E-state index contributed by atoms with van der Waals surface area (Å²) in [5.41, 5.74) is 5.90. The van der Waals surface area contributed by atoms with E-state index in [1.807, 2.05) is 6.07 Å². The molecule has 126 valence electrons. The second-order valence-electron chi connectivity index (χ2n) is 5.15. The first-order chi connectivity index (χ1) is 11.5. The number of amides is 1. The Morgan fingerprint density at radius 2 is 2.08 bits per heavy atom. The molecule has 0 aromatic heterocycles. The summed E-state index contributed by atoms with van der Waals surface area (Å²) in [6.45, 7) is 0.356. The number of nitrogens with zero attached hydrogens (tertiary/aromatic N) is 3. The first-order valence-electron chi connectivity index (χ1n) is 7.23. The molecule has 0 radical (unpaired) electrons. The fourth-order valence-electron chi connectivity index (χ4n) is 2.32. The fraction of sp³-hybridized carbons (Fsp3) is 0.312. The highest BCUT2D eigenvalue weighted by molar-refractivity contribution is 6.69. The number of hydrogen-bond acceptors (Lipinski definition) is 4. The zero-order valence-corrected chi connectivity index (χ0v) is 13.5. The normalized spacial score (nSPS) is 15.7. The van der Waals surface area contributed by atoms with Crippen LogP contribution in [0, 0.1) is 23.0 Å². The van der Waals surface area contributed by atoms with Crippen LogP contribution in [0.3, 0.4) is 0 Å². The van der Waals surface area contributed by atoms with E-state index in [0.29, 0.717) is 25.1 Å². The monoisotopic (exact) mass is 352 g/mol. The predicted octanol–water partition coefficient (Wildman–Crippen LogP) is 2.46. The lowest BCUT2D eigenvalue weighted by atomic mass is 10.1. The summed E-state index contributed by atoms with van der Waals surface area (Å²) in [7, 11) is 0. The van der Waals surface area contributed by atoms with Crippen LogP contribution in [0.5, 0.6) is 0 Å². The van der Waals surface area contributed by atoms with E-state index in [1.165, 1.54) is 11.0 Å². The van der Waals surface area contributed by atoms with Gasteiger partial charge in [0.15, 0.2) is 0 Å². The van der Waals surface area contributed by atoms with Crippen molar-refractivity contribution in [1.82, 2.24) is 4.90 Å². The third-order valence-electron chi connectivity index (χ3n) is 3.65. The molecule has 0 aliphatic carbocycles. The summed E-state index contributed by atoms with van der Waals surface area (Å²) >= 11 is 6.07. The Kier molecular flexibility index (Phi) is 5.88. The molecule has 0 saturated carbocycles. The van der Waals surface area contributed by atoms with Crippen molar-refractivity contribution in [2.45, 2.75) is 19.4 Å². The minimum Gasteiger partial charge on any atom is -0.394 e. The molecule has 5 nitrogen and oxygen atoms in total. The van der Waals surface area contributed by atoms with E-state index in [-0.39, 0.29) is 29.4 Å². The van der Waals surface area contributed by atoms with Gasteiger partial charge in [-0.15, -0.1) is 0 Å². The van der Waals surface area contributed by atoms with Crippen LogP contribution in [0.4, 0.5) is 8.78 Å². The lowest BCUT2D eigenvalue weighted by molar-refractivity contribution is -0.127. The van der Waals surface area contributed by atoms with Crippen LogP contribution >= 0.6 is 11.6 Å². The van der Waals surface area contributed by atoms with E-state index in [2.05, 4.69) is 4.99 Å². The number of nitrogens with two attached hydrogens (primary N) is 1. The van der Waals surface area contributed by atoms with Crippen molar-refractivity contribution in [2.24, 2.45) is 10.7 Å². The molecule has 0 fully saturated rings. The maximum Gasteiger partial charge on any atom is 0.270 e. The van der Waals surface area contributed by atoms with Gasteiger partial charge in [0.1, 0.15) is 22.5 Å². The van der Waals surface area contributed by atoms with Crippen molar-refractivity contribution in [1.29, 1.82) is 5.26 Å². The third-order valence-corrected chi connectivity index (χ3v) is 4.00. The summed E-state index contributed by atoms with van der Waals surface area (Å²) in [5.74, 6) is -1.85. The molecule has 0 saturated heterocycles. The van der Waals surface area contributed by atoms with E-state index in [1.54, 1.807) is 0 Å². The van der Waals surface area contributed by atoms with Gasteiger partial charge in [0.25, 0.3) is 5.91 Å². The SMILES string of the molecule is N#CCCN1CCC(C(Cl)=NCc2c(F)cccc2F)=C(N)C1=O. The van der Waals surface area contributed by atoms with Crippen LogP contribution in [0.2, 0.25) is 0 Å². The molecule has 0 atom stereocenters. The molecule has 2 N–H and O–H groups in total. The minimum absolute atomic E-state index is 0.0385. The second-order valence-corrected chi connectivity index (χ2v) is 5.51. The van der Waals surface area contributed by atoms with Gasteiger partial charge < -0.3 is 10.6 Å². The van der Waals surface area contributed by atoms with E-state index < -0.39 is 17.5 Å². The lowest BCUT2D eigenvalue weighted by Crippen LogP contribution is -2.41. The topological polar surface area (TPSA) is 82.5 Å². The standard InChI is InChI=1S/C16H15ClF2N4O/c17-15(22-9-11-12(18)3-1-4-13(11)19)10-5-8-23(7-2-6-20)16(24)14(10)21/h1,3-4H,2,5,7-9,21H2. The summed E-state index contributed by atoms with van der Waals surface area (Å²) in [4.78, 5) is 17.5. The van der Waals surface area contributed by atoms with Crippen LogP contribution in [0.15, 0.2) is 34.5 Å². The van der Waals surface area contributed by atoms with Crippen LogP contribution < -0.4 is 5.73 Å². The van der Waals surface area contributed by atoms with Gasteiger partial charge in [0.2, 0.25) is 0 Å². The Morgan fingerprint density at radius 1 is 1.42 bits per heavy atom. The zero-order valence-electron chi connectivity index (χ0n) is 12.7. The number of nitriles is 1. The number of benzene rings is 1. The van der Waals surface area contributed by atoms with Crippen LogP contribution in [-0.2, 0) is 11.3 Å². The second kappa shape index (κ2) is 7.88. The van der Waals surface area contributed by atoms with Gasteiger partial charge in [-0.2, -0.15) is 5.26 Å². The summed E-state index contributed by atoms with van der Waals surface area (Å²) < 4.78 is 27.2. The molecule has 0 spiro atoms. The molecule has 1 aliphatic rings. The summed E-state index contributed by atoms with van der Waals surface area (Å²) in [6, 6.07) is 5.48. The van der Waals surface area contributed by atoms with Gasteiger partial charge in [-0.3, -0.25) is 9.79 Å². The molecular weight excluding hydrogens is 338 g/mol. The van der Waals surface area contributed by atoms with Crippen molar-refractivity contribution in [3.05, 3.63) is 46.7 Å². The number of carbonyl (C=O) groups excluding carboxylic acids is 1. The average molecular weight is 353 g/mol. The Labute approximate surface area is 143 Å². The molecule has 1 heterocycles. The van der Waals surface area contributed by atoms with Crippen molar-refractivity contribution >= 4 is 22.7 Å². The Morgan fingerprint density at radius 3 is 2.71 bits per heavy atom. The maximum absolute atomic E-state index is 13.6. The summed E-state index contributed by atoms with van der Waals surface area (Å²) in [6.07, 6.45) is 0.577. The maximum atomic E-state index is 13.6. The number of halogens is 3. The van der Waals surface area contributed by atoms with Gasteiger partial charge in [0, 0.05) is 24.2 Å². The van der Waals surface area contributed by atoms with Gasteiger partial charge in [-0.25, -0.2) is 8.78 Å². The van der Waals surface area contributed by atoms with E-state index in [9.17, 15) is 13.6 Å². The smallest absolute Gasteiger partial charge is 0.270 e. The van der Waals surface area contributed by atoms with Crippen LogP contribution in [0.25, 0.3) is 0 Å². The first-order valence-corrected chi connectivity index (χ1v) is 7.61. The van der Waals surface area contributed by atoms with Crippen molar-refractivity contribution in [3.63, 3.8) is 0 Å². The molecule has 1 aromatic carbocycles. The Bertz CT molecular complexity index is 735. The minimum atomic E-state index is -0.715. The number of rotatable bonds is 5. The lowest BCUT2D eigenvalue weighted by Gasteiger charge is -2.27. The summed E-state index contributed by atoms with van der Waals surface area (Å²) in [5, 5.41) is 8.54. The molecule has 0 bridgehead atoms. The first kappa shape index (κ1) is 17.9. The molecule has 1 amide bonds. The largest absolute Gasteiger partial charge is 0.394 e. The molecule has 1 aromatic rings. The highest BCUT2D eigenvalue weighted by Crippen LogP contribution is 2.21. The van der Waals surface area contributed by atoms with E-state index >= 15 is 0 Å². The van der Waals surface area contributed by atoms with E-state index in [4.69, 9.17) is 22.6 Å². The van der Waals surface area contributed by atoms with Gasteiger partial charge in [-0.05, 0) is 18.6 Å². The Balaban J connectivity index is 2.17. The van der Waals surface area contributed by atoms with Crippen molar-refractivity contribution in [2.75, 3.05) is 13.1 Å². The number of aliphatic imine (C=N–C) groups is 1. The average Bonchev–Trinajstić information content (AvgIpc) is 2.55. The number of hydrogen-bond donors (Lipinski definition) is 1. The third kappa shape index (κ3) is 3.89. The van der Waals surface area contributed by atoms with Crippen molar-refractivity contribution < 1.29 is 13.6 Å². The Hall–Kier alpha value is -2.46. The molecule has 24 heavy (non-hydrogen) atoms. The quantitative estimate of drug-likeness (QED) is 0.826. The molecule has 0 unspecified atom stereocenters. The van der Waals surface area contributed by atoms with Gasteiger partial charge >= 0.3 is 0 Å². The molecular formula is C16H15ClF2N4O. The molecule has 2 rings (SSSR count). The highest BCUT2D eigenvalue weighted by Gasteiger charge is 2.26. The highest BCUT2D eigenvalue weighted by atomic mass is 35.5.